The van der Waals surface area contributed by atoms with Crippen molar-refractivity contribution in [2.24, 2.45) is 5.73 Å². The number of nitrogens with zero attached hydrogens (tertiary/aromatic N) is 3. The van der Waals surface area contributed by atoms with Gasteiger partial charge in [-0.15, -0.1) is 0 Å². The van der Waals surface area contributed by atoms with Gasteiger partial charge in [0.15, 0.2) is 0 Å². The highest BCUT2D eigenvalue weighted by molar-refractivity contribution is 7.19. The normalized spacial score (nSPS) is 15.1. The molecule has 140 valence electrons. The summed E-state index contributed by atoms with van der Waals surface area (Å²) in [6, 6.07) is 8.90. The molecule has 0 radical (unpaired) electrons. The van der Waals surface area contributed by atoms with E-state index in [9.17, 15) is 9.59 Å². The zero-order valence-corrected chi connectivity index (χ0v) is 15.5. The second kappa shape index (κ2) is 7.55. The van der Waals surface area contributed by atoms with Gasteiger partial charge in [0.2, 0.25) is 10.9 Å². The number of piperidine rings is 1. The molecule has 0 spiro atoms. The molecule has 8 nitrogen and oxygen atoms in total. The fourth-order valence-electron chi connectivity index (χ4n) is 3.21. The molecule has 0 aliphatic carbocycles. The Labute approximate surface area is 159 Å². The molecule has 1 fully saturated rings. The van der Waals surface area contributed by atoms with Gasteiger partial charge in [0.1, 0.15) is 5.01 Å². The minimum absolute atomic E-state index is 0.0792. The zero-order chi connectivity index (χ0) is 18.8. The highest BCUT2D eigenvalue weighted by atomic mass is 32.1. The number of nitrogens with one attached hydrogen (secondary N) is 2. The molecular weight excluding hydrogens is 364 g/mol. The summed E-state index contributed by atoms with van der Waals surface area (Å²) in [5.74, 6) is 0.0465. The van der Waals surface area contributed by atoms with Gasteiger partial charge in [-0.2, -0.15) is 9.61 Å². The topological polar surface area (TPSA) is 114 Å². The number of nitrogens with two attached hydrogens (primary N) is 1. The van der Waals surface area contributed by atoms with Crippen LogP contribution in [0.25, 0.3) is 15.5 Å². The van der Waals surface area contributed by atoms with Crippen LogP contribution in [0.15, 0.2) is 35.1 Å². The second-order valence-corrected chi connectivity index (χ2v) is 7.43. The summed E-state index contributed by atoms with van der Waals surface area (Å²) in [5, 5.41) is 11.1. The van der Waals surface area contributed by atoms with E-state index in [1.807, 2.05) is 18.2 Å². The van der Waals surface area contributed by atoms with Crippen molar-refractivity contribution in [3.05, 3.63) is 46.4 Å². The first-order valence-electron chi connectivity index (χ1n) is 8.86. The molecule has 1 amide bonds. The number of hydrogen-bond acceptors (Lipinski definition) is 7. The van der Waals surface area contributed by atoms with Gasteiger partial charge in [-0.1, -0.05) is 23.5 Å². The quantitative estimate of drug-likeness (QED) is 0.622. The number of aromatic nitrogens is 3. The van der Waals surface area contributed by atoms with Crippen LogP contribution in [-0.2, 0) is 4.79 Å². The van der Waals surface area contributed by atoms with E-state index in [2.05, 4.69) is 15.7 Å². The molecule has 3 heterocycles. The van der Waals surface area contributed by atoms with Gasteiger partial charge in [0.05, 0.1) is 12.2 Å². The fourth-order valence-corrected chi connectivity index (χ4v) is 4.12. The average Bonchev–Trinajstić information content (AvgIpc) is 3.14. The lowest BCUT2D eigenvalue weighted by Gasteiger charge is -2.21. The van der Waals surface area contributed by atoms with E-state index >= 15 is 0 Å². The summed E-state index contributed by atoms with van der Waals surface area (Å²) in [4.78, 5) is 29.3. The minimum atomic E-state index is -0.263. The number of fused-ring (bicyclic) bond motifs is 1. The van der Waals surface area contributed by atoms with Crippen molar-refractivity contribution < 1.29 is 4.79 Å². The van der Waals surface area contributed by atoms with Crippen molar-refractivity contribution in [1.82, 2.24) is 19.9 Å². The molecule has 1 aromatic carbocycles. The Bertz CT molecular complexity index is 1040. The van der Waals surface area contributed by atoms with Crippen LogP contribution in [0.2, 0.25) is 0 Å². The zero-order valence-electron chi connectivity index (χ0n) is 14.6. The van der Waals surface area contributed by atoms with Gasteiger partial charge in [0.25, 0.3) is 5.56 Å². The number of anilines is 1. The molecule has 3 aromatic rings. The Morgan fingerprint density at radius 1 is 1.33 bits per heavy atom. The smallest absolute Gasteiger partial charge is 0.275 e. The summed E-state index contributed by atoms with van der Waals surface area (Å²) in [6.07, 6.45) is 1.97. The van der Waals surface area contributed by atoms with Crippen LogP contribution < -0.4 is 21.9 Å². The monoisotopic (exact) mass is 384 g/mol. The van der Waals surface area contributed by atoms with E-state index in [0.717, 1.165) is 37.2 Å². The molecule has 4 N–H and O–H groups in total. The number of carbonyl (C=O) groups excluding carboxylic acids is 1. The van der Waals surface area contributed by atoms with Crippen molar-refractivity contribution in [2.45, 2.75) is 18.8 Å². The molecule has 4 rings (SSSR count). The molecule has 1 aliphatic rings. The Morgan fingerprint density at radius 2 is 2.15 bits per heavy atom. The molecular formula is C18H20N6O2S. The van der Waals surface area contributed by atoms with Gasteiger partial charge in [-0.25, -0.2) is 4.98 Å². The highest BCUT2D eigenvalue weighted by Crippen LogP contribution is 2.28. The molecule has 1 saturated heterocycles. The second-order valence-electron chi connectivity index (χ2n) is 6.48. The third-order valence-electron chi connectivity index (χ3n) is 4.60. The molecule has 1 aliphatic heterocycles. The number of carbonyl (C=O) groups is 1. The number of hydrogen-bond donors (Lipinski definition) is 3. The molecule has 2 aromatic heterocycles. The van der Waals surface area contributed by atoms with Gasteiger partial charge in [-0.05, 0) is 38.1 Å². The van der Waals surface area contributed by atoms with Crippen molar-refractivity contribution in [1.29, 1.82) is 0 Å². The van der Waals surface area contributed by atoms with E-state index in [4.69, 9.17) is 10.7 Å². The van der Waals surface area contributed by atoms with E-state index in [-0.39, 0.29) is 18.0 Å². The largest absolute Gasteiger partial charge is 0.325 e. The fraction of sp³-hybridized carbons (Fsp3) is 0.333. The molecule has 27 heavy (non-hydrogen) atoms. The predicted octanol–water partition coefficient (Wildman–Crippen LogP) is 1.18. The Balaban J connectivity index is 1.69. The van der Waals surface area contributed by atoms with Crippen molar-refractivity contribution in [2.75, 3.05) is 25.0 Å². The molecule has 0 bridgehead atoms. The van der Waals surface area contributed by atoms with Crippen LogP contribution in [0.1, 0.15) is 24.5 Å². The maximum atomic E-state index is 12.5. The highest BCUT2D eigenvalue weighted by Gasteiger charge is 2.19. The van der Waals surface area contributed by atoms with Crippen LogP contribution in [0, 0.1) is 0 Å². The average molecular weight is 384 g/mol. The van der Waals surface area contributed by atoms with Crippen molar-refractivity contribution in [3.63, 3.8) is 0 Å². The maximum Gasteiger partial charge on any atom is 0.275 e. The lowest BCUT2D eigenvalue weighted by atomic mass is 9.94. The van der Waals surface area contributed by atoms with Crippen LogP contribution in [0.4, 0.5) is 5.69 Å². The van der Waals surface area contributed by atoms with Gasteiger partial charge >= 0.3 is 0 Å². The lowest BCUT2D eigenvalue weighted by molar-refractivity contribution is -0.114. The van der Waals surface area contributed by atoms with Crippen LogP contribution in [0.3, 0.4) is 0 Å². The number of benzene rings is 1. The first-order chi connectivity index (χ1) is 13.1. The van der Waals surface area contributed by atoms with E-state index < -0.39 is 0 Å². The van der Waals surface area contributed by atoms with Gasteiger partial charge < -0.3 is 16.4 Å². The summed E-state index contributed by atoms with van der Waals surface area (Å²) in [5.41, 5.74) is 7.47. The Kier molecular flexibility index (Phi) is 4.97. The third kappa shape index (κ3) is 3.75. The molecule has 9 heteroatoms. The van der Waals surface area contributed by atoms with E-state index in [1.54, 1.807) is 12.1 Å². The van der Waals surface area contributed by atoms with Crippen molar-refractivity contribution in [3.8, 4) is 10.6 Å². The molecule has 0 saturated carbocycles. The summed E-state index contributed by atoms with van der Waals surface area (Å²) < 4.78 is 1.34. The SMILES string of the molecule is NCC(=O)Nc1cccc(-c2nn3c(=O)cc(C4CCNCC4)nc3s2)c1. The van der Waals surface area contributed by atoms with E-state index in [0.29, 0.717) is 21.6 Å². The van der Waals surface area contributed by atoms with Crippen molar-refractivity contribution >= 4 is 27.9 Å². The van der Waals surface area contributed by atoms with Crippen LogP contribution in [0.5, 0.6) is 0 Å². The first kappa shape index (κ1) is 17.8. The van der Waals surface area contributed by atoms with Gasteiger partial charge in [-0.3, -0.25) is 9.59 Å². The first-order valence-corrected chi connectivity index (χ1v) is 9.67. The van der Waals surface area contributed by atoms with Crippen LogP contribution in [-0.4, -0.2) is 40.1 Å². The molecule has 0 atom stereocenters. The number of rotatable bonds is 4. The standard InChI is InChI=1S/C18H20N6O2S/c19-10-15(25)21-13-3-1-2-12(8-13)17-23-24-16(26)9-14(22-18(24)27-17)11-4-6-20-7-5-11/h1-3,8-9,11,20H,4-7,10,19H2,(H,21,25). The van der Waals surface area contributed by atoms with E-state index in [1.165, 1.54) is 15.9 Å². The maximum absolute atomic E-state index is 12.5. The minimum Gasteiger partial charge on any atom is -0.325 e. The Hall–Kier alpha value is -2.62. The number of amides is 1. The summed E-state index contributed by atoms with van der Waals surface area (Å²) >= 11 is 1.36. The third-order valence-corrected chi connectivity index (χ3v) is 5.56. The summed E-state index contributed by atoms with van der Waals surface area (Å²) in [6.45, 7) is 1.81. The lowest BCUT2D eigenvalue weighted by Crippen LogP contribution is -2.28. The predicted molar refractivity (Wildman–Crippen MR) is 105 cm³/mol. The van der Waals surface area contributed by atoms with Crippen LogP contribution >= 0.6 is 11.3 Å². The van der Waals surface area contributed by atoms with Gasteiger partial charge in [0, 0.05) is 23.2 Å². The Morgan fingerprint density at radius 3 is 2.93 bits per heavy atom. The molecule has 0 unspecified atom stereocenters. The summed E-state index contributed by atoms with van der Waals surface area (Å²) in [7, 11) is 0.